The Kier molecular flexibility index (Phi) is 6.72. The highest BCUT2D eigenvalue weighted by Gasteiger charge is 2.30. The second kappa shape index (κ2) is 9.85. The monoisotopic (exact) mass is 449 g/mol. The predicted molar refractivity (Wildman–Crippen MR) is 124 cm³/mol. The summed E-state index contributed by atoms with van der Waals surface area (Å²) < 4.78 is 7.80. The fourth-order valence-electron chi connectivity index (χ4n) is 4.34. The van der Waals surface area contributed by atoms with Crippen molar-refractivity contribution in [1.82, 2.24) is 14.0 Å². The molecule has 33 heavy (non-hydrogen) atoms. The highest BCUT2D eigenvalue weighted by molar-refractivity contribution is 5.81. The molecule has 1 amide bonds. The van der Waals surface area contributed by atoms with E-state index in [9.17, 15) is 19.2 Å². The topological polar surface area (TPSA) is 90.6 Å². The van der Waals surface area contributed by atoms with Crippen molar-refractivity contribution >= 4 is 22.9 Å². The zero-order valence-electron chi connectivity index (χ0n) is 18.6. The van der Waals surface area contributed by atoms with Crippen LogP contribution in [0.25, 0.3) is 11.0 Å². The summed E-state index contributed by atoms with van der Waals surface area (Å²) in [7, 11) is 0. The van der Waals surface area contributed by atoms with Gasteiger partial charge >= 0.3 is 17.1 Å². The van der Waals surface area contributed by atoms with Gasteiger partial charge in [0.1, 0.15) is 6.54 Å². The van der Waals surface area contributed by atoms with E-state index in [2.05, 4.69) is 0 Å². The molecular formula is C25H27N3O5. The molecule has 4 rings (SSSR count). The number of amides is 1. The second-order valence-corrected chi connectivity index (χ2v) is 8.19. The average molecular weight is 450 g/mol. The number of fused-ring (bicyclic) bond motifs is 1. The number of ether oxygens (including phenoxy) is 1. The molecule has 1 fully saturated rings. The van der Waals surface area contributed by atoms with Crippen LogP contribution in [0.5, 0.6) is 0 Å². The molecule has 1 saturated heterocycles. The number of carbonyl (C=O) groups is 2. The van der Waals surface area contributed by atoms with Gasteiger partial charge in [-0.2, -0.15) is 0 Å². The molecule has 2 heterocycles. The van der Waals surface area contributed by atoms with Crippen LogP contribution < -0.4 is 11.1 Å². The number of piperidine rings is 1. The van der Waals surface area contributed by atoms with Crippen molar-refractivity contribution in [2.75, 3.05) is 19.7 Å². The van der Waals surface area contributed by atoms with Gasteiger partial charge in [0.05, 0.1) is 30.1 Å². The van der Waals surface area contributed by atoms with Crippen LogP contribution in [0.2, 0.25) is 0 Å². The third-order valence-electron chi connectivity index (χ3n) is 6.01. The molecular weight excluding hydrogens is 422 g/mol. The molecule has 0 spiro atoms. The Morgan fingerprint density at radius 3 is 2.27 bits per heavy atom. The Morgan fingerprint density at radius 2 is 1.58 bits per heavy atom. The second-order valence-electron chi connectivity index (χ2n) is 8.19. The smallest absolute Gasteiger partial charge is 0.317 e. The molecule has 2 aromatic carbocycles. The van der Waals surface area contributed by atoms with Crippen molar-refractivity contribution in [2.24, 2.45) is 5.92 Å². The van der Waals surface area contributed by atoms with Crippen molar-refractivity contribution in [2.45, 2.75) is 32.9 Å². The number of likely N-dealkylation sites (tertiary alicyclic amines) is 1. The van der Waals surface area contributed by atoms with Crippen LogP contribution in [-0.4, -0.2) is 45.6 Å². The molecule has 1 aliphatic rings. The number of rotatable bonds is 6. The molecule has 1 aliphatic heterocycles. The van der Waals surface area contributed by atoms with Crippen molar-refractivity contribution in [3.8, 4) is 0 Å². The van der Waals surface area contributed by atoms with Gasteiger partial charge in [0.25, 0.3) is 0 Å². The lowest BCUT2D eigenvalue weighted by atomic mass is 9.98. The van der Waals surface area contributed by atoms with E-state index in [0.29, 0.717) is 37.0 Å². The molecule has 0 aliphatic carbocycles. The van der Waals surface area contributed by atoms with Crippen LogP contribution in [0.15, 0.2) is 64.2 Å². The number of nitrogens with zero attached hydrogens (tertiary/aromatic N) is 3. The maximum Gasteiger partial charge on any atom is 0.317 e. The first-order chi connectivity index (χ1) is 16.0. The lowest BCUT2D eigenvalue weighted by molar-refractivity contribution is -0.151. The number of hydrogen-bond donors (Lipinski definition) is 0. The summed E-state index contributed by atoms with van der Waals surface area (Å²) in [6.45, 7) is 2.82. The van der Waals surface area contributed by atoms with E-state index in [1.165, 1.54) is 9.13 Å². The third kappa shape index (κ3) is 4.74. The highest BCUT2D eigenvalue weighted by atomic mass is 16.5. The van der Waals surface area contributed by atoms with E-state index >= 15 is 0 Å². The number of carbonyl (C=O) groups excluding carboxylic acids is 2. The van der Waals surface area contributed by atoms with Gasteiger partial charge in [-0.25, -0.2) is 0 Å². The zero-order valence-corrected chi connectivity index (χ0v) is 18.6. The Morgan fingerprint density at radius 1 is 0.939 bits per heavy atom. The van der Waals surface area contributed by atoms with Crippen molar-refractivity contribution in [3.63, 3.8) is 0 Å². The average Bonchev–Trinajstić information content (AvgIpc) is 2.85. The van der Waals surface area contributed by atoms with E-state index in [0.717, 1.165) is 5.56 Å². The standard InChI is InChI=1S/C25H27N3O5/c1-2-33-25(32)19-11-8-14-26(16-19)22(29)17-28-21-13-7-6-12-20(21)27(23(30)24(28)31)15-18-9-4-3-5-10-18/h3-7,9-10,12-13,19H,2,8,11,14-17H2,1H3. The summed E-state index contributed by atoms with van der Waals surface area (Å²) in [4.78, 5) is 52.9. The lowest BCUT2D eigenvalue weighted by Crippen LogP contribution is -2.47. The summed E-state index contributed by atoms with van der Waals surface area (Å²) in [5.41, 5.74) is 0.591. The Bertz CT molecular complexity index is 1280. The third-order valence-corrected chi connectivity index (χ3v) is 6.01. The van der Waals surface area contributed by atoms with Crippen LogP contribution >= 0.6 is 0 Å². The molecule has 0 N–H and O–H groups in total. The number of benzene rings is 2. The van der Waals surface area contributed by atoms with Gasteiger partial charge in [0, 0.05) is 13.1 Å². The SMILES string of the molecule is CCOC(=O)C1CCCN(C(=O)Cn2c(=O)c(=O)n(Cc3ccccc3)c3ccccc32)C1. The molecule has 0 saturated carbocycles. The predicted octanol–water partition coefficient (Wildman–Crippen LogP) is 2.01. The summed E-state index contributed by atoms with van der Waals surface area (Å²) in [6.07, 6.45) is 1.35. The van der Waals surface area contributed by atoms with E-state index in [4.69, 9.17) is 4.74 Å². The first-order valence-corrected chi connectivity index (χ1v) is 11.2. The van der Waals surface area contributed by atoms with Crippen LogP contribution in [0, 0.1) is 5.92 Å². The first kappa shape index (κ1) is 22.5. The van der Waals surface area contributed by atoms with Gasteiger partial charge in [0.15, 0.2) is 0 Å². The van der Waals surface area contributed by atoms with Crippen molar-refractivity contribution in [3.05, 3.63) is 80.9 Å². The van der Waals surface area contributed by atoms with Gasteiger partial charge in [0.2, 0.25) is 5.91 Å². The van der Waals surface area contributed by atoms with E-state index in [-0.39, 0.29) is 37.4 Å². The maximum atomic E-state index is 13.1. The molecule has 8 heteroatoms. The number of esters is 1. The van der Waals surface area contributed by atoms with Crippen molar-refractivity contribution in [1.29, 1.82) is 0 Å². The summed E-state index contributed by atoms with van der Waals surface area (Å²) >= 11 is 0. The van der Waals surface area contributed by atoms with Crippen LogP contribution in [0.1, 0.15) is 25.3 Å². The van der Waals surface area contributed by atoms with Crippen LogP contribution in [0.3, 0.4) is 0 Å². The van der Waals surface area contributed by atoms with Gasteiger partial charge in [-0.15, -0.1) is 0 Å². The molecule has 1 unspecified atom stereocenters. The summed E-state index contributed by atoms with van der Waals surface area (Å²) in [5, 5.41) is 0. The minimum absolute atomic E-state index is 0.254. The maximum absolute atomic E-state index is 13.1. The Labute approximate surface area is 191 Å². The minimum atomic E-state index is -0.739. The first-order valence-electron chi connectivity index (χ1n) is 11.2. The Hall–Kier alpha value is -3.68. The largest absolute Gasteiger partial charge is 0.466 e. The fraction of sp³-hybridized carbons (Fsp3) is 0.360. The molecule has 0 radical (unpaired) electrons. The molecule has 3 aromatic rings. The number of aromatic nitrogens is 2. The van der Waals surface area contributed by atoms with Crippen molar-refractivity contribution < 1.29 is 14.3 Å². The van der Waals surface area contributed by atoms with Gasteiger partial charge < -0.3 is 9.64 Å². The highest BCUT2D eigenvalue weighted by Crippen LogP contribution is 2.19. The zero-order chi connectivity index (χ0) is 23.4. The molecule has 1 aromatic heterocycles. The van der Waals surface area contributed by atoms with E-state index in [1.807, 2.05) is 30.3 Å². The quantitative estimate of drug-likeness (QED) is 0.424. The normalized spacial score (nSPS) is 16.0. The number of para-hydroxylation sites is 2. The number of hydrogen-bond acceptors (Lipinski definition) is 5. The van der Waals surface area contributed by atoms with Crippen LogP contribution in [0.4, 0.5) is 0 Å². The lowest BCUT2D eigenvalue weighted by Gasteiger charge is -2.31. The van der Waals surface area contributed by atoms with Gasteiger partial charge in [-0.3, -0.25) is 28.3 Å². The molecule has 8 nitrogen and oxygen atoms in total. The van der Waals surface area contributed by atoms with Gasteiger partial charge in [-0.05, 0) is 37.5 Å². The molecule has 172 valence electrons. The van der Waals surface area contributed by atoms with Crippen LogP contribution in [-0.2, 0) is 27.4 Å². The van der Waals surface area contributed by atoms with E-state index in [1.54, 1.807) is 36.1 Å². The summed E-state index contributed by atoms with van der Waals surface area (Å²) in [6, 6.07) is 16.5. The summed E-state index contributed by atoms with van der Waals surface area (Å²) in [5.74, 6) is -0.965. The Balaban J connectivity index is 1.65. The van der Waals surface area contributed by atoms with E-state index < -0.39 is 11.1 Å². The minimum Gasteiger partial charge on any atom is -0.466 e. The van der Waals surface area contributed by atoms with Gasteiger partial charge in [-0.1, -0.05) is 42.5 Å². The molecule has 1 atom stereocenters. The molecule has 0 bridgehead atoms. The fourth-order valence-corrected chi connectivity index (χ4v) is 4.34.